The van der Waals surface area contributed by atoms with Gasteiger partial charge in [0.1, 0.15) is 19.3 Å². The molecule has 3 unspecified atom stereocenters. The van der Waals surface area contributed by atoms with Crippen molar-refractivity contribution in [2.24, 2.45) is 0 Å². The maximum atomic E-state index is 13.5. The minimum Gasteiger partial charge on any atom is -0.756 e. The number of ether oxygens (including phenoxy) is 1. The van der Waals surface area contributed by atoms with Crippen LogP contribution in [0.5, 0.6) is 0 Å². The second kappa shape index (κ2) is 52.4. The summed E-state index contributed by atoms with van der Waals surface area (Å²) in [6.07, 6.45) is 69.4. The van der Waals surface area contributed by atoms with Gasteiger partial charge >= 0.3 is 5.97 Å². The summed E-state index contributed by atoms with van der Waals surface area (Å²) in [5.74, 6) is -0.591. The first-order chi connectivity index (χ1) is 35.4. The molecule has 0 aliphatic carbocycles. The van der Waals surface area contributed by atoms with Gasteiger partial charge in [0.05, 0.1) is 33.8 Å². The monoisotopic (exact) mass is 1040 g/mol. The summed E-state index contributed by atoms with van der Waals surface area (Å²) in [4.78, 5) is 39.9. The number of hydrogen-bond donors (Lipinski definition) is 1. The standard InChI is InChI=1S/C63H111N2O7P/c1-7-10-13-16-19-22-25-28-29-30-31-32-33-34-35-38-40-43-46-49-52-55-62(66)64-60(59-71-73(68,69)70-58-57-65(4,5)6)61(54-51-48-45-42-39-36-26-23-20-17-14-11-8-2)72-63(67)56-53-50-47-44-41-37-27-24-21-18-15-12-9-3/h12,15,18-19,21-22,24,27-29,31-32,34-35,51,54,60-61H,7-11,13-14,16-17,20,23,25-26,30,33,36-50,52-53,55-59H2,1-6H3,(H-,64,66,68,69)/b15-12+,21-18+,22-19-,27-24-,29-28-,32-31-,35-34-,54-51-. The van der Waals surface area contributed by atoms with E-state index >= 15 is 0 Å². The van der Waals surface area contributed by atoms with Crippen molar-refractivity contribution in [2.45, 2.75) is 251 Å². The van der Waals surface area contributed by atoms with Crippen LogP contribution in [0.25, 0.3) is 0 Å². The predicted molar refractivity (Wildman–Crippen MR) is 311 cm³/mol. The third-order valence-electron chi connectivity index (χ3n) is 12.6. The Kier molecular flexibility index (Phi) is 50.2. The molecule has 0 saturated carbocycles. The highest BCUT2D eigenvalue weighted by molar-refractivity contribution is 7.45. The average Bonchev–Trinajstić information content (AvgIpc) is 3.35. The van der Waals surface area contributed by atoms with Crippen molar-refractivity contribution in [1.82, 2.24) is 5.32 Å². The first-order valence-corrected chi connectivity index (χ1v) is 31.0. The van der Waals surface area contributed by atoms with Gasteiger partial charge in [-0.3, -0.25) is 14.2 Å². The number of phosphoric ester groups is 1. The molecule has 0 aromatic rings. The van der Waals surface area contributed by atoms with E-state index < -0.39 is 26.6 Å². The van der Waals surface area contributed by atoms with Gasteiger partial charge in [-0.2, -0.15) is 0 Å². The Labute approximate surface area is 449 Å². The highest BCUT2D eigenvalue weighted by atomic mass is 31.2. The van der Waals surface area contributed by atoms with Crippen molar-refractivity contribution >= 4 is 19.7 Å². The minimum absolute atomic E-state index is 0.0346. The van der Waals surface area contributed by atoms with E-state index in [1.54, 1.807) is 0 Å². The SMILES string of the molecule is CC/C=C/C=C/C=C\CCCCCCCC(=O)OC(/C=C\CCCCCCCCCCCCC)C(COP(=O)([O-])OCC[N+](C)(C)C)NC(=O)CCCCCCC/C=C\C/C=C\C/C=C\C/C=C\CCCCC. The topological polar surface area (TPSA) is 114 Å². The molecule has 0 saturated heterocycles. The highest BCUT2D eigenvalue weighted by Crippen LogP contribution is 2.38. The quantitative estimate of drug-likeness (QED) is 0.0161. The van der Waals surface area contributed by atoms with Crippen LogP contribution in [0.2, 0.25) is 0 Å². The zero-order valence-electron chi connectivity index (χ0n) is 47.8. The molecular weight excluding hydrogens is 928 g/mol. The summed E-state index contributed by atoms with van der Waals surface area (Å²) < 4.78 is 30.2. The van der Waals surface area contributed by atoms with Crippen molar-refractivity contribution in [3.8, 4) is 0 Å². The summed E-state index contributed by atoms with van der Waals surface area (Å²) in [5, 5.41) is 3.01. The number of rotatable bonds is 52. The number of likely N-dealkylation sites (N-methyl/N-ethyl adjacent to an activating group) is 1. The second-order valence-electron chi connectivity index (χ2n) is 20.8. The fourth-order valence-electron chi connectivity index (χ4n) is 7.97. The zero-order valence-corrected chi connectivity index (χ0v) is 48.7. The van der Waals surface area contributed by atoms with E-state index in [1.165, 1.54) is 83.5 Å². The number of hydrogen-bond acceptors (Lipinski definition) is 7. The van der Waals surface area contributed by atoms with Gasteiger partial charge in [0.15, 0.2) is 0 Å². The van der Waals surface area contributed by atoms with E-state index in [2.05, 4.69) is 105 Å². The number of phosphoric acid groups is 1. The largest absolute Gasteiger partial charge is 0.756 e. The zero-order chi connectivity index (χ0) is 53.6. The van der Waals surface area contributed by atoms with Crippen LogP contribution >= 0.6 is 7.82 Å². The Morgan fingerprint density at radius 1 is 0.507 bits per heavy atom. The fourth-order valence-corrected chi connectivity index (χ4v) is 8.70. The van der Waals surface area contributed by atoms with E-state index in [1.807, 2.05) is 39.4 Å². The van der Waals surface area contributed by atoms with Gasteiger partial charge in [-0.05, 0) is 96.0 Å². The van der Waals surface area contributed by atoms with Crippen molar-refractivity contribution in [3.63, 3.8) is 0 Å². The van der Waals surface area contributed by atoms with Crippen LogP contribution in [0.3, 0.4) is 0 Å². The van der Waals surface area contributed by atoms with Crippen molar-refractivity contribution in [1.29, 1.82) is 0 Å². The molecule has 420 valence electrons. The molecule has 0 spiro atoms. The van der Waals surface area contributed by atoms with Gasteiger partial charge < -0.3 is 28.5 Å². The molecule has 0 fully saturated rings. The van der Waals surface area contributed by atoms with E-state index in [-0.39, 0.29) is 31.3 Å². The molecule has 0 aliphatic rings. The van der Waals surface area contributed by atoms with E-state index in [9.17, 15) is 19.0 Å². The van der Waals surface area contributed by atoms with Crippen molar-refractivity contribution in [2.75, 3.05) is 40.9 Å². The van der Waals surface area contributed by atoms with E-state index in [4.69, 9.17) is 13.8 Å². The average molecular weight is 1040 g/mol. The number of carbonyl (C=O) groups is 2. The molecule has 1 N–H and O–H groups in total. The van der Waals surface area contributed by atoms with Crippen molar-refractivity contribution in [3.05, 3.63) is 97.2 Å². The summed E-state index contributed by atoms with van der Waals surface area (Å²) in [5.41, 5.74) is 0. The summed E-state index contributed by atoms with van der Waals surface area (Å²) in [7, 11) is 1.15. The van der Waals surface area contributed by atoms with E-state index in [0.717, 1.165) is 109 Å². The summed E-state index contributed by atoms with van der Waals surface area (Å²) in [6.45, 7) is 6.64. The number of esters is 1. The predicted octanol–water partition coefficient (Wildman–Crippen LogP) is 17.4. The number of quaternary nitrogens is 1. The normalized spacial score (nSPS) is 14.5. The Bertz CT molecular complexity index is 1570. The Hall–Kier alpha value is -3.07. The number of carbonyl (C=O) groups excluding carboxylic acids is 2. The molecule has 0 bridgehead atoms. The van der Waals surface area contributed by atoms with Gasteiger partial charge in [-0.1, -0.05) is 227 Å². The van der Waals surface area contributed by atoms with Crippen LogP contribution in [-0.4, -0.2) is 69.4 Å². The number of unbranched alkanes of at least 4 members (excludes halogenated alkanes) is 24. The lowest BCUT2D eigenvalue weighted by atomic mass is 10.0. The van der Waals surface area contributed by atoms with Gasteiger partial charge in [0, 0.05) is 12.8 Å². The Balaban J connectivity index is 5.37. The molecule has 0 radical (unpaired) electrons. The van der Waals surface area contributed by atoms with Crippen LogP contribution in [0.1, 0.15) is 239 Å². The third-order valence-corrected chi connectivity index (χ3v) is 13.5. The molecule has 0 aromatic carbocycles. The molecule has 0 aliphatic heterocycles. The number of nitrogens with one attached hydrogen (secondary N) is 1. The Morgan fingerprint density at radius 2 is 0.932 bits per heavy atom. The lowest BCUT2D eigenvalue weighted by molar-refractivity contribution is -0.870. The lowest BCUT2D eigenvalue weighted by Gasteiger charge is -2.30. The highest BCUT2D eigenvalue weighted by Gasteiger charge is 2.27. The first-order valence-electron chi connectivity index (χ1n) is 29.6. The van der Waals surface area contributed by atoms with Crippen LogP contribution in [-0.2, 0) is 27.9 Å². The van der Waals surface area contributed by atoms with Gasteiger partial charge in [-0.25, -0.2) is 0 Å². The van der Waals surface area contributed by atoms with Crippen LogP contribution < -0.4 is 10.2 Å². The number of amides is 1. The van der Waals surface area contributed by atoms with Gasteiger partial charge in [0.2, 0.25) is 5.91 Å². The molecule has 0 aromatic heterocycles. The molecule has 9 nitrogen and oxygen atoms in total. The fraction of sp³-hybridized carbons (Fsp3) is 0.714. The van der Waals surface area contributed by atoms with Crippen LogP contribution in [0, 0.1) is 0 Å². The minimum atomic E-state index is -4.71. The first kappa shape index (κ1) is 69.9. The van der Waals surface area contributed by atoms with Gasteiger partial charge in [-0.15, -0.1) is 0 Å². The third kappa shape index (κ3) is 53.6. The molecule has 1 amide bonds. The Morgan fingerprint density at radius 3 is 1.45 bits per heavy atom. The van der Waals surface area contributed by atoms with Gasteiger partial charge in [0.25, 0.3) is 7.82 Å². The second-order valence-corrected chi connectivity index (χ2v) is 22.2. The lowest BCUT2D eigenvalue weighted by Crippen LogP contribution is -2.47. The maximum Gasteiger partial charge on any atom is 0.306 e. The molecule has 3 atom stereocenters. The number of allylic oxidation sites excluding steroid dienone is 15. The van der Waals surface area contributed by atoms with E-state index in [0.29, 0.717) is 23.9 Å². The molecular formula is C63H111N2O7P. The summed E-state index contributed by atoms with van der Waals surface area (Å²) >= 11 is 0. The summed E-state index contributed by atoms with van der Waals surface area (Å²) in [6, 6.07) is -0.912. The maximum absolute atomic E-state index is 13.5. The van der Waals surface area contributed by atoms with Crippen LogP contribution in [0.4, 0.5) is 0 Å². The van der Waals surface area contributed by atoms with Crippen LogP contribution in [0.15, 0.2) is 97.2 Å². The molecule has 0 rings (SSSR count). The van der Waals surface area contributed by atoms with Crippen molar-refractivity contribution < 1.29 is 37.3 Å². The molecule has 0 heterocycles. The molecule has 73 heavy (non-hydrogen) atoms. The number of nitrogens with zero attached hydrogens (tertiary/aromatic N) is 1. The smallest absolute Gasteiger partial charge is 0.306 e. The molecule has 10 heteroatoms.